The molecule has 1 fully saturated rings. The first-order valence-electron chi connectivity index (χ1n) is 9.48. The molecule has 0 aromatic heterocycles. The quantitative estimate of drug-likeness (QED) is 0.664. The fourth-order valence-corrected chi connectivity index (χ4v) is 4.04. The molecule has 0 radical (unpaired) electrons. The van der Waals surface area contributed by atoms with E-state index in [2.05, 4.69) is 5.32 Å². The number of nitrogens with one attached hydrogen (secondary N) is 1. The van der Waals surface area contributed by atoms with Crippen LogP contribution in [0.2, 0.25) is 0 Å². The number of halogens is 1. The third-order valence-electron chi connectivity index (χ3n) is 4.12. The molecule has 1 aliphatic heterocycles. The summed E-state index contributed by atoms with van der Waals surface area (Å²) in [6, 6.07) is 5.66. The first-order valence-corrected chi connectivity index (χ1v) is 11.1. The molecule has 1 heterocycles. The zero-order valence-corrected chi connectivity index (χ0v) is 18.1. The molecule has 0 aliphatic carbocycles. The van der Waals surface area contributed by atoms with E-state index in [4.69, 9.17) is 9.47 Å². The predicted molar refractivity (Wildman–Crippen MR) is 108 cm³/mol. The molecule has 166 valence electrons. The van der Waals surface area contributed by atoms with Crippen molar-refractivity contribution >= 4 is 21.8 Å². The van der Waals surface area contributed by atoms with E-state index in [1.807, 2.05) is 0 Å². The fourth-order valence-electron chi connectivity index (χ4n) is 2.66. The number of alkyl carbamates (subject to hydrolysis) is 1. The van der Waals surface area contributed by atoms with Crippen molar-refractivity contribution in [2.75, 3.05) is 25.6 Å². The molecule has 2 amide bonds. The van der Waals surface area contributed by atoms with Crippen molar-refractivity contribution in [2.24, 2.45) is 0 Å². The molecular formula is C20H27FN2O6S. The lowest BCUT2D eigenvalue weighted by Gasteiger charge is -2.20. The molecule has 8 nitrogen and oxygen atoms in total. The van der Waals surface area contributed by atoms with E-state index < -0.39 is 21.5 Å². The minimum absolute atomic E-state index is 0.0717. The summed E-state index contributed by atoms with van der Waals surface area (Å²) in [5, 5.41) is 2.43. The van der Waals surface area contributed by atoms with Crippen LogP contribution in [0.4, 0.5) is 9.18 Å². The zero-order valence-electron chi connectivity index (χ0n) is 17.3. The number of benzene rings is 1. The molecular weight excluding hydrogens is 415 g/mol. The summed E-state index contributed by atoms with van der Waals surface area (Å²) in [5.41, 5.74) is -0.491. The highest BCUT2D eigenvalue weighted by molar-refractivity contribution is 7.91. The van der Waals surface area contributed by atoms with Gasteiger partial charge in [-0.05, 0) is 51.5 Å². The topological polar surface area (TPSA) is 102 Å². The van der Waals surface area contributed by atoms with Gasteiger partial charge in [-0.3, -0.25) is 4.79 Å². The standard InChI is InChI=1S/C20H27FN2O6S/c1-20(2,3)29-19(25)22-12-15(11-21)13-28-16-6-8-17(9-7-16)30(26,27)14-23-10-4-5-18(23)24/h6-9,11H,4-5,10,12-14H2,1-3H3,(H,22,25)/b15-11+. The Kier molecular flexibility index (Phi) is 7.83. The summed E-state index contributed by atoms with van der Waals surface area (Å²) < 4.78 is 48.5. The van der Waals surface area contributed by atoms with E-state index in [1.165, 1.54) is 29.2 Å². The zero-order chi connectivity index (χ0) is 22.4. The van der Waals surface area contributed by atoms with Gasteiger partial charge in [-0.15, -0.1) is 0 Å². The van der Waals surface area contributed by atoms with Gasteiger partial charge in [-0.1, -0.05) is 0 Å². The maximum absolute atomic E-state index is 13.0. The first kappa shape index (κ1) is 23.7. The highest BCUT2D eigenvalue weighted by Crippen LogP contribution is 2.20. The molecule has 10 heteroatoms. The number of amides is 2. The highest BCUT2D eigenvalue weighted by atomic mass is 32.2. The molecule has 1 saturated heterocycles. The maximum atomic E-state index is 13.0. The molecule has 0 spiro atoms. The Hall–Kier alpha value is -2.62. The molecule has 1 aliphatic rings. The Morgan fingerprint density at radius 3 is 2.47 bits per heavy atom. The molecule has 0 saturated carbocycles. The number of likely N-dealkylation sites (tertiary alicyclic amines) is 1. The summed E-state index contributed by atoms with van der Waals surface area (Å²) in [7, 11) is -3.65. The lowest BCUT2D eigenvalue weighted by atomic mass is 10.2. The maximum Gasteiger partial charge on any atom is 0.407 e. The largest absolute Gasteiger partial charge is 0.489 e. The van der Waals surface area contributed by atoms with Crippen molar-refractivity contribution in [2.45, 2.75) is 44.1 Å². The van der Waals surface area contributed by atoms with Crippen LogP contribution in [-0.4, -0.2) is 56.5 Å². The SMILES string of the molecule is CC(C)(C)OC(=O)NC/C(=C\F)COc1ccc(S(=O)(=O)CN2CCCC2=O)cc1. The van der Waals surface area contributed by atoms with Gasteiger partial charge in [0.15, 0.2) is 9.84 Å². The second-order valence-electron chi connectivity index (χ2n) is 7.89. The molecule has 0 unspecified atom stereocenters. The van der Waals surface area contributed by atoms with Gasteiger partial charge < -0.3 is 19.7 Å². The van der Waals surface area contributed by atoms with E-state index in [-0.39, 0.29) is 35.4 Å². The van der Waals surface area contributed by atoms with Crippen molar-refractivity contribution in [3.8, 4) is 5.75 Å². The molecule has 1 aromatic rings. The number of ether oxygens (including phenoxy) is 2. The van der Waals surface area contributed by atoms with Crippen molar-refractivity contribution in [1.29, 1.82) is 0 Å². The average molecular weight is 443 g/mol. The summed E-state index contributed by atoms with van der Waals surface area (Å²) in [6.45, 7) is 5.36. The second-order valence-corrected chi connectivity index (χ2v) is 9.85. The van der Waals surface area contributed by atoms with Gasteiger partial charge in [0.1, 0.15) is 23.8 Å². The Morgan fingerprint density at radius 2 is 1.93 bits per heavy atom. The van der Waals surface area contributed by atoms with Gasteiger partial charge in [-0.25, -0.2) is 17.6 Å². The molecule has 1 N–H and O–H groups in total. The third-order valence-corrected chi connectivity index (χ3v) is 5.76. The van der Waals surface area contributed by atoms with Crippen molar-refractivity contribution in [3.05, 3.63) is 36.2 Å². The lowest BCUT2D eigenvalue weighted by Crippen LogP contribution is -2.34. The average Bonchev–Trinajstić information content (AvgIpc) is 3.05. The Morgan fingerprint density at radius 1 is 1.27 bits per heavy atom. The van der Waals surface area contributed by atoms with Crippen LogP contribution in [-0.2, 0) is 19.4 Å². The van der Waals surface area contributed by atoms with Crippen LogP contribution in [0.25, 0.3) is 0 Å². The van der Waals surface area contributed by atoms with Crippen molar-refractivity contribution in [3.63, 3.8) is 0 Å². The van der Waals surface area contributed by atoms with Crippen LogP contribution in [0, 0.1) is 0 Å². The smallest absolute Gasteiger partial charge is 0.407 e. The normalized spacial score (nSPS) is 15.3. The Bertz CT molecular complexity index is 891. The minimum atomic E-state index is -3.65. The van der Waals surface area contributed by atoms with E-state index in [0.717, 1.165) is 0 Å². The van der Waals surface area contributed by atoms with Crippen LogP contribution in [0.3, 0.4) is 0 Å². The highest BCUT2D eigenvalue weighted by Gasteiger charge is 2.26. The van der Waals surface area contributed by atoms with Crippen molar-refractivity contribution < 1.29 is 31.9 Å². The van der Waals surface area contributed by atoms with Gasteiger partial charge in [0.2, 0.25) is 5.91 Å². The van der Waals surface area contributed by atoms with Gasteiger partial charge in [0.05, 0.1) is 11.2 Å². The molecule has 2 rings (SSSR count). The monoisotopic (exact) mass is 442 g/mol. The number of hydrogen-bond acceptors (Lipinski definition) is 6. The summed E-state index contributed by atoms with van der Waals surface area (Å²) in [5.74, 6) is -0.177. The number of rotatable bonds is 8. The van der Waals surface area contributed by atoms with Gasteiger partial charge >= 0.3 is 6.09 Å². The van der Waals surface area contributed by atoms with Crippen LogP contribution in [0.1, 0.15) is 33.6 Å². The number of hydrogen-bond donors (Lipinski definition) is 1. The van der Waals surface area contributed by atoms with Crippen LogP contribution in [0.15, 0.2) is 41.1 Å². The second kappa shape index (κ2) is 9.92. The third kappa shape index (κ3) is 7.33. The Labute approximate surface area is 175 Å². The molecule has 0 bridgehead atoms. The van der Waals surface area contributed by atoms with Crippen LogP contribution < -0.4 is 10.1 Å². The van der Waals surface area contributed by atoms with Gasteiger partial charge in [0, 0.05) is 25.1 Å². The molecule has 1 aromatic carbocycles. The fraction of sp³-hybridized carbons (Fsp3) is 0.500. The molecule has 30 heavy (non-hydrogen) atoms. The minimum Gasteiger partial charge on any atom is -0.489 e. The van der Waals surface area contributed by atoms with E-state index in [1.54, 1.807) is 20.8 Å². The van der Waals surface area contributed by atoms with Crippen LogP contribution >= 0.6 is 0 Å². The number of carbonyl (C=O) groups is 2. The van der Waals surface area contributed by atoms with Gasteiger partial charge in [0.25, 0.3) is 0 Å². The lowest BCUT2D eigenvalue weighted by molar-refractivity contribution is -0.126. The first-order chi connectivity index (χ1) is 14.0. The summed E-state index contributed by atoms with van der Waals surface area (Å²) >= 11 is 0. The number of sulfone groups is 1. The predicted octanol–water partition coefficient (Wildman–Crippen LogP) is 2.80. The Balaban J connectivity index is 1.87. The summed E-state index contributed by atoms with van der Waals surface area (Å²) in [6.07, 6.45) is 0.695. The number of carbonyl (C=O) groups excluding carboxylic acids is 2. The summed E-state index contributed by atoms with van der Waals surface area (Å²) in [4.78, 5) is 24.7. The van der Waals surface area contributed by atoms with Crippen LogP contribution in [0.5, 0.6) is 5.75 Å². The van der Waals surface area contributed by atoms with E-state index in [9.17, 15) is 22.4 Å². The van der Waals surface area contributed by atoms with Crippen molar-refractivity contribution in [1.82, 2.24) is 10.2 Å². The molecule has 0 atom stereocenters. The van der Waals surface area contributed by atoms with Gasteiger partial charge in [-0.2, -0.15) is 0 Å². The number of nitrogens with zero attached hydrogens (tertiary/aromatic N) is 1. The van der Waals surface area contributed by atoms with E-state index in [0.29, 0.717) is 31.5 Å². The van der Waals surface area contributed by atoms with E-state index >= 15 is 0 Å².